The molecule has 2 aromatic rings. The summed E-state index contributed by atoms with van der Waals surface area (Å²) in [6.45, 7) is 0.867. The predicted molar refractivity (Wildman–Crippen MR) is 64.6 cm³/mol. The SMILES string of the molecule is CNCc1cccc(-c2occc2Br)c1. The Morgan fingerprint density at radius 2 is 2.20 bits per heavy atom. The molecule has 0 atom stereocenters. The van der Waals surface area contributed by atoms with Crippen molar-refractivity contribution in [2.75, 3.05) is 7.05 Å². The summed E-state index contributed by atoms with van der Waals surface area (Å²) < 4.78 is 6.41. The van der Waals surface area contributed by atoms with E-state index in [0.717, 1.165) is 22.3 Å². The normalized spacial score (nSPS) is 10.5. The molecule has 0 unspecified atom stereocenters. The van der Waals surface area contributed by atoms with Crippen LogP contribution in [0.5, 0.6) is 0 Å². The third-order valence-corrected chi connectivity index (χ3v) is 2.81. The zero-order valence-corrected chi connectivity index (χ0v) is 10.0. The molecule has 2 rings (SSSR count). The molecular formula is C12H12BrNO. The Labute approximate surface area is 97.4 Å². The highest BCUT2D eigenvalue weighted by atomic mass is 79.9. The fraction of sp³-hybridized carbons (Fsp3) is 0.167. The van der Waals surface area contributed by atoms with Gasteiger partial charge in [-0.05, 0) is 40.7 Å². The Hall–Kier alpha value is -1.06. The molecule has 0 spiro atoms. The molecule has 0 radical (unpaired) electrons. The van der Waals surface area contributed by atoms with E-state index < -0.39 is 0 Å². The standard InChI is InChI=1S/C12H12BrNO/c1-14-8-9-3-2-4-10(7-9)12-11(13)5-6-15-12/h2-7,14H,8H2,1H3. The van der Waals surface area contributed by atoms with Crippen molar-refractivity contribution in [1.82, 2.24) is 5.32 Å². The van der Waals surface area contributed by atoms with Gasteiger partial charge >= 0.3 is 0 Å². The summed E-state index contributed by atoms with van der Waals surface area (Å²) in [7, 11) is 1.94. The van der Waals surface area contributed by atoms with E-state index in [9.17, 15) is 0 Å². The fourth-order valence-corrected chi connectivity index (χ4v) is 1.96. The van der Waals surface area contributed by atoms with Crippen molar-refractivity contribution in [2.24, 2.45) is 0 Å². The van der Waals surface area contributed by atoms with Gasteiger partial charge in [0.05, 0.1) is 10.7 Å². The molecule has 3 heteroatoms. The average Bonchev–Trinajstić information content (AvgIpc) is 2.65. The number of nitrogens with one attached hydrogen (secondary N) is 1. The zero-order chi connectivity index (χ0) is 10.7. The molecule has 0 saturated heterocycles. The van der Waals surface area contributed by atoms with E-state index in [1.54, 1.807) is 6.26 Å². The quantitative estimate of drug-likeness (QED) is 0.920. The van der Waals surface area contributed by atoms with E-state index in [-0.39, 0.29) is 0 Å². The number of benzene rings is 1. The topological polar surface area (TPSA) is 25.2 Å². The Bertz CT molecular complexity index is 450. The second kappa shape index (κ2) is 4.64. The minimum Gasteiger partial charge on any atom is -0.463 e. The van der Waals surface area contributed by atoms with Gasteiger partial charge in [0.25, 0.3) is 0 Å². The van der Waals surface area contributed by atoms with Crippen LogP contribution in [0.1, 0.15) is 5.56 Å². The lowest BCUT2D eigenvalue weighted by atomic mass is 10.1. The van der Waals surface area contributed by atoms with Crippen LogP contribution in [0.4, 0.5) is 0 Å². The summed E-state index contributed by atoms with van der Waals surface area (Å²) in [6.07, 6.45) is 1.68. The van der Waals surface area contributed by atoms with Crippen LogP contribution < -0.4 is 5.32 Å². The largest absolute Gasteiger partial charge is 0.463 e. The number of rotatable bonds is 3. The fourth-order valence-electron chi connectivity index (χ4n) is 1.53. The molecule has 78 valence electrons. The van der Waals surface area contributed by atoms with Crippen molar-refractivity contribution in [3.8, 4) is 11.3 Å². The van der Waals surface area contributed by atoms with Gasteiger partial charge in [-0.15, -0.1) is 0 Å². The first-order valence-corrected chi connectivity index (χ1v) is 5.57. The Morgan fingerprint density at radius 1 is 1.33 bits per heavy atom. The molecule has 2 nitrogen and oxygen atoms in total. The number of hydrogen-bond donors (Lipinski definition) is 1. The van der Waals surface area contributed by atoms with Gasteiger partial charge in [0.2, 0.25) is 0 Å². The highest BCUT2D eigenvalue weighted by Crippen LogP contribution is 2.29. The second-order valence-electron chi connectivity index (χ2n) is 3.33. The predicted octanol–water partition coefficient (Wildman–Crippen LogP) is 3.43. The van der Waals surface area contributed by atoms with Gasteiger partial charge < -0.3 is 9.73 Å². The van der Waals surface area contributed by atoms with Gasteiger partial charge in [0.15, 0.2) is 0 Å². The van der Waals surface area contributed by atoms with Crippen molar-refractivity contribution in [1.29, 1.82) is 0 Å². The van der Waals surface area contributed by atoms with Crippen LogP contribution in [-0.4, -0.2) is 7.05 Å². The molecular weight excluding hydrogens is 254 g/mol. The van der Waals surface area contributed by atoms with Crippen molar-refractivity contribution in [2.45, 2.75) is 6.54 Å². The molecule has 1 N–H and O–H groups in total. The number of furan rings is 1. The van der Waals surface area contributed by atoms with E-state index in [2.05, 4.69) is 33.4 Å². The zero-order valence-electron chi connectivity index (χ0n) is 8.46. The highest BCUT2D eigenvalue weighted by molar-refractivity contribution is 9.10. The van der Waals surface area contributed by atoms with Crippen LogP contribution in [0.15, 0.2) is 45.5 Å². The van der Waals surface area contributed by atoms with Gasteiger partial charge in [-0.25, -0.2) is 0 Å². The Kier molecular flexibility index (Phi) is 3.23. The molecule has 1 heterocycles. The van der Waals surface area contributed by atoms with Crippen molar-refractivity contribution in [3.05, 3.63) is 46.6 Å². The third-order valence-electron chi connectivity index (χ3n) is 2.19. The first-order chi connectivity index (χ1) is 7.31. The van der Waals surface area contributed by atoms with Crippen molar-refractivity contribution < 1.29 is 4.42 Å². The molecule has 1 aromatic carbocycles. The first-order valence-electron chi connectivity index (χ1n) is 4.78. The molecule has 0 saturated carbocycles. The summed E-state index contributed by atoms with van der Waals surface area (Å²) in [6, 6.07) is 10.2. The van der Waals surface area contributed by atoms with Crippen LogP contribution in [0.2, 0.25) is 0 Å². The highest BCUT2D eigenvalue weighted by Gasteiger charge is 2.06. The van der Waals surface area contributed by atoms with Crippen LogP contribution >= 0.6 is 15.9 Å². The Morgan fingerprint density at radius 3 is 2.87 bits per heavy atom. The van der Waals surface area contributed by atoms with E-state index in [0.29, 0.717) is 0 Å². The van der Waals surface area contributed by atoms with Crippen LogP contribution in [0.25, 0.3) is 11.3 Å². The summed E-state index contributed by atoms with van der Waals surface area (Å²) in [5, 5.41) is 3.13. The van der Waals surface area contributed by atoms with E-state index in [1.165, 1.54) is 5.56 Å². The Balaban J connectivity index is 2.37. The maximum absolute atomic E-state index is 5.42. The summed E-state index contributed by atoms with van der Waals surface area (Å²) in [5.41, 5.74) is 2.35. The van der Waals surface area contributed by atoms with Crippen LogP contribution in [-0.2, 0) is 6.54 Å². The third kappa shape index (κ3) is 2.30. The summed E-state index contributed by atoms with van der Waals surface area (Å²) >= 11 is 3.46. The van der Waals surface area contributed by atoms with Gasteiger partial charge in [0.1, 0.15) is 5.76 Å². The maximum atomic E-state index is 5.42. The van der Waals surface area contributed by atoms with Crippen molar-refractivity contribution in [3.63, 3.8) is 0 Å². The summed E-state index contributed by atoms with van der Waals surface area (Å²) in [4.78, 5) is 0. The molecule has 0 bridgehead atoms. The van der Waals surface area contributed by atoms with Gasteiger partial charge in [-0.1, -0.05) is 18.2 Å². The lowest BCUT2D eigenvalue weighted by molar-refractivity contribution is 0.581. The minimum absolute atomic E-state index is 0.867. The van der Waals surface area contributed by atoms with Crippen LogP contribution in [0, 0.1) is 0 Å². The van der Waals surface area contributed by atoms with Crippen molar-refractivity contribution >= 4 is 15.9 Å². The molecule has 15 heavy (non-hydrogen) atoms. The molecule has 0 amide bonds. The smallest absolute Gasteiger partial charge is 0.148 e. The first kappa shape index (κ1) is 10.5. The van der Waals surface area contributed by atoms with Gasteiger partial charge in [-0.3, -0.25) is 0 Å². The molecule has 0 aliphatic rings. The van der Waals surface area contributed by atoms with E-state index in [1.807, 2.05) is 25.2 Å². The molecule has 0 aliphatic carbocycles. The minimum atomic E-state index is 0.867. The number of halogens is 1. The van der Waals surface area contributed by atoms with Crippen LogP contribution in [0.3, 0.4) is 0 Å². The lowest BCUT2D eigenvalue weighted by Gasteiger charge is -2.03. The van der Waals surface area contributed by atoms with Gasteiger partial charge in [-0.2, -0.15) is 0 Å². The summed E-state index contributed by atoms with van der Waals surface area (Å²) in [5.74, 6) is 0.882. The number of hydrogen-bond acceptors (Lipinski definition) is 2. The molecule has 0 aliphatic heterocycles. The van der Waals surface area contributed by atoms with E-state index >= 15 is 0 Å². The van der Waals surface area contributed by atoms with Gasteiger partial charge in [0, 0.05) is 12.1 Å². The monoisotopic (exact) mass is 265 g/mol. The molecule has 1 aromatic heterocycles. The lowest BCUT2D eigenvalue weighted by Crippen LogP contribution is -2.04. The second-order valence-corrected chi connectivity index (χ2v) is 4.18. The van der Waals surface area contributed by atoms with E-state index in [4.69, 9.17) is 4.42 Å². The average molecular weight is 266 g/mol. The molecule has 0 fully saturated rings. The maximum Gasteiger partial charge on any atom is 0.148 e.